The third kappa shape index (κ3) is 4.09. The topological polar surface area (TPSA) is 66.5 Å². The molecule has 1 aliphatic rings. The van der Waals surface area contributed by atoms with Crippen LogP contribution in [0.15, 0.2) is 53.4 Å². The number of halogens is 1. The van der Waals surface area contributed by atoms with Crippen molar-refractivity contribution in [2.75, 3.05) is 18.4 Å². The predicted octanol–water partition coefficient (Wildman–Crippen LogP) is 3.69. The number of para-hydroxylation sites is 1. The lowest BCUT2D eigenvalue weighted by atomic mass is 9.98. The van der Waals surface area contributed by atoms with E-state index < -0.39 is 10.0 Å². The summed E-state index contributed by atoms with van der Waals surface area (Å²) in [4.78, 5) is 12.8. The van der Waals surface area contributed by atoms with Gasteiger partial charge in [-0.05, 0) is 55.7 Å². The van der Waals surface area contributed by atoms with Crippen LogP contribution in [0.1, 0.15) is 18.4 Å². The average Bonchev–Trinajstić information content (AvgIpc) is 2.64. The average molecular weight is 393 g/mol. The Hall–Kier alpha value is -1.89. The van der Waals surface area contributed by atoms with Gasteiger partial charge in [0.25, 0.3) is 0 Å². The Morgan fingerprint density at radius 2 is 1.85 bits per heavy atom. The summed E-state index contributed by atoms with van der Waals surface area (Å²) in [7, 11) is -3.63. The normalized spacial score (nSPS) is 18.5. The summed E-state index contributed by atoms with van der Waals surface area (Å²) in [5.74, 6) is -0.513. The quantitative estimate of drug-likeness (QED) is 0.862. The molecule has 26 heavy (non-hydrogen) atoms. The number of piperidine rings is 1. The smallest absolute Gasteiger partial charge is 0.243 e. The van der Waals surface area contributed by atoms with Gasteiger partial charge in [-0.3, -0.25) is 4.79 Å². The van der Waals surface area contributed by atoms with E-state index >= 15 is 0 Å². The first-order valence-electron chi connectivity index (χ1n) is 8.50. The van der Waals surface area contributed by atoms with Crippen LogP contribution in [0.25, 0.3) is 0 Å². The fraction of sp³-hybridized carbons (Fsp3) is 0.316. The molecule has 2 aromatic carbocycles. The monoisotopic (exact) mass is 392 g/mol. The fourth-order valence-corrected chi connectivity index (χ4v) is 4.73. The molecule has 5 nitrogen and oxygen atoms in total. The van der Waals surface area contributed by atoms with E-state index in [0.717, 1.165) is 11.3 Å². The zero-order chi connectivity index (χ0) is 18.7. The molecule has 1 heterocycles. The molecule has 138 valence electrons. The maximum absolute atomic E-state index is 12.8. The summed E-state index contributed by atoms with van der Waals surface area (Å²) in [5.41, 5.74) is 1.73. The Bertz CT molecular complexity index is 897. The van der Waals surface area contributed by atoms with Crippen LogP contribution in [-0.2, 0) is 14.8 Å². The third-order valence-electron chi connectivity index (χ3n) is 4.61. The number of amides is 1. The number of sulfonamides is 1. The van der Waals surface area contributed by atoms with Crippen LogP contribution in [0.5, 0.6) is 0 Å². The second kappa shape index (κ2) is 7.78. The second-order valence-corrected chi connectivity index (χ2v) is 8.83. The maximum Gasteiger partial charge on any atom is 0.243 e. The number of carbonyl (C=O) groups excluding carboxylic acids is 1. The van der Waals surface area contributed by atoms with E-state index in [1.54, 1.807) is 12.1 Å². The molecule has 0 aromatic heterocycles. The summed E-state index contributed by atoms with van der Waals surface area (Å²) < 4.78 is 27.1. The zero-order valence-electron chi connectivity index (χ0n) is 14.5. The molecule has 1 N–H and O–H groups in total. The lowest BCUT2D eigenvalue weighted by molar-refractivity contribution is -0.120. The van der Waals surface area contributed by atoms with Gasteiger partial charge in [0.15, 0.2) is 0 Å². The SMILES string of the molecule is Cc1ccccc1NC(=O)[C@@H]1CCCN(S(=O)(=O)c2ccc(Cl)cc2)C1. The molecule has 0 saturated carbocycles. The standard InChI is InChI=1S/C19H21ClN2O3S/c1-14-5-2-3-7-18(14)21-19(23)15-6-4-12-22(13-15)26(24,25)17-10-8-16(20)9-11-17/h2-3,5,7-11,15H,4,6,12-13H2,1H3,(H,21,23)/t15-/m1/s1. The zero-order valence-corrected chi connectivity index (χ0v) is 16.1. The highest BCUT2D eigenvalue weighted by atomic mass is 35.5. The van der Waals surface area contributed by atoms with Crippen LogP contribution in [-0.4, -0.2) is 31.7 Å². The molecule has 1 fully saturated rings. The fourth-order valence-electron chi connectivity index (χ4n) is 3.08. The van der Waals surface area contributed by atoms with Crippen molar-refractivity contribution in [1.82, 2.24) is 4.31 Å². The molecule has 1 saturated heterocycles. The number of rotatable bonds is 4. The number of benzene rings is 2. The molecular weight excluding hydrogens is 372 g/mol. The van der Waals surface area contributed by atoms with Gasteiger partial charge in [0.2, 0.25) is 15.9 Å². The van der Waals surface area contributed by atoms with Crippen LogP contribution in [0.3, 0.4) is 0 Å². The van der Waals surface area contributed by atoms with Crippen molar-refractivity contribution >= 4 is 33.2 Å². The number of hydrogen-bond donors (Lipinski definition) is 1. The van der Waals surface area contributed by atoms with E-state index in [1.165, 1.54) is 16.4 Å². The van der Waals surface area contributed by atoms with Gasteiger partial charge in [-0.1, -0.05) is 29.8 Å². The first-order valence-corrected chi connectivity index (χ1v) is 10.3. The number of hydrogen-bond acceptors (Lipinski definition) is 3. The molecular formula is C19H21ClN2O3S. The minimum absolute atomic E-state index is 0.143. The molecule has 0 aliphatic carbocycles. The van der Waals surface area contributed by atoms with Gasteiger partial charge in [0, 0.05) is 23.8 Å². The summed E-state index contributed by atoms with van der Waals surface area (Å²) >= 11 is 5.84. The minimum Gasteiger partial charge on any atom is -0.326 e. The number of anilines is 1. The summed E-state index contributed by atoms with van der Waals surface area (Å²) in [6.07, 6.45) is 1.32. The van der Waals surface area contributed by atoms with Crippen molar-refractivity contribution < 1.29 is 13.2 Å². The van der Waals surface area contributed by atoms with Crippen molar-refractivity contribution in [3.05, 3.63) is 59.1 Å². The first kappa shape index (κ1) is 18.9. The van der Waals surface area contributed by atoms with Gasteiger partial charge >= 0.3 is 0 Å². The van der Waals surface area contributed by atoms with Crippen molar-refractivity contribution in [1.29, 1.82) is 0 Å². The van der Waals surface area contributed by atoms with E-state index in [9.17, 15) is 13.2 Å². The highest BCUT2D eigenvalue weighted by molar-refractivity contribution is 7.89. The van der Waals surface area contributed by atoms with Gasteiger partial charge in [-0.2, -0.15) is 4.31 Å². The molecule has 2 aromatic rings. The lowest BCUT2D eigenvalue weighted by Gasteiger charge is -2.31. The Balaban J connectivity index is 1.73. The van der Waals surface area contributed by atoms with Crippen molar-refractivity contribution in [2.24, 2.45) is 5.92 Å². The van der Waals surface area contributed by atoms with Gasteiger partial charge in [-0.25, -0.2) is 8.42 Å². The molecule has 0 spiro atoms. The van der Waals surface area contributed by atoms with Crippen LogP contribution >= 0.6 is 11.6 Å². The van der Waals surface area contributed by atoms with E-state index in [0.29, 0.717) is 24.4 Å². The third-order valence-corrected chi connectivity index (χ3v) is 6.74. The highest BCUT2D eigenvalue weighted by Gasteiger charge is 2.33. The molecule has 1 atom stereocenters. The largest absolute Gasteiger partial charge is 0.326 e. The van der Waals surface area contributed by atoms with Crippen molar-refractivity contribution in [2.45, 2.75) is 24.7 Å². The van der Waals surface area contributed by atoms with E-state index in [2.05, 4.69) is 5.32 Å². The van der Waals surface area contributed by atoms with Crippen LogP contribution < -0.4 is 5.32 Å². The predicted molar refractivity (Wildman–Crippen MR) is 103 cm³/mol. The molecule has 0 bridgehead atoms. The van der Waals surface area contributed by atoms with E-state index in [-0.39, 0.29) is 23.3 Å². The number of aryl methyl sites for hydroxylation is 1. The number of nitrogens with one attached hydrogen (secondary N) is 1. The Morgan fingerprint density at radius 1 is 1.15 bits per heavy atom. The Kier molecular flexibility index (Phi) is 5.65. The number of nitrogens with zero attached hydrogens (tertiary/aromatic N) is 1. The Morgan fingerprint density at radius 3 is 2.54 bits per heavy atom. The van der Waals surface area contributed by atoms with Gasteiger partial charge < -0.3 is 5.32 Å². The maximum atomic E-state index is 12.8. The van der Waals surface area contributed by atoms with Crippen LogP contribution in [0.2, 0.25) is 5.02 Å². The van der Waals surface area contributed by atoms with Crippen molar-refractivity contribution in [3.8, 4) is 0 Å². The van der Waals surface area contributed by atoms with E-state index in [4.69, 9.17) is 11.6 Å². The molecule has 0 unspecified atom stereocenters. The van der Waals surface area contributed by atoms with E-state index in [1.807, 2.05) is 31.2 Å². The van der Waals surface area contributed by atoms with Gasteiger partial charge in [0.05, 0.1) is 10.8 Å². The summed E-state index contributed by atoms with van der Waals surface area (Å²) in [5, 5.41) is 3.41. The molecule has 1 aliphatic heterocycles. The molecule has 3 rings (SSSR count). The minimum atomic E-state index is -3.63. The lowest BCUT2D eigenvalue weighted by Crippen LogP contribution is -2.43. The first-order chi connectivity index (χ1) is 12.4. The molecule has 1 amide bonds. The molecule has 7 heteroatoms. The second-order valence-electron chi connectivity index (χ2n) is 6.46. The summed E-state index contributed by atoms with van der Waals surface area (Å²) in [6.45, 7) is 2.52. The number of carbonyl (C=O) groups is 1. The Labute approximate surface area is 159 Å². The van der Waals surface area contributed by atoms with Crippen molar-refractivity contribution in [3.63, 3.8) is 0 Å². The highest BCUT2D eigenvalue weighted by Crippen LogP contribution is 2.26. The van der Waals surface area contributed by atoms with Gasteiger partial charge in [0.1, 0.15) is 0 Å². The summed E-state index contributed by atoms with van der Waals surface area (Å²) in [6, 6.07) is 13.6. The molecule has 0 radical (unpaired) electrons. The van der Waals surface area contributed by atoms with Crippen LogP contribution in [0.4, 0.5) is 5.69 Å². The van der Waals surface area contributed by atoms with Gasteiger partial charge in [-0.15, -0.1) is 0 Å². The van der Waals surface area contributed by atoms with Crippen LogP contribution in [0, 0.1) is 12.8 Å².